The number of ether oxygens (including phenoxy) is 2. The first-order valence-corrected chi connectivity index (χ1v) is 7.08. The zero-order chi connectivity index (χ0) is 13.5. The highest BCUT2D eigenvalue weighted by Gasteiger charge is 2.08. The van der Waals surface area contributed by atoms with E-state index in [2.05, 4.69) is 4.90 Å². The van der Waals surface area contributed by atoms with E-state index in [1.165, 1.54) is 38.8 Å². The lowest BCUT2D eigenvalue weighted by Gasteiger charge is -2.19. The van der Waals surface area contributed by atoms with Crippen molar-refractivity contribution in [1.82, 2.24) is 4.90 Å². The Morgan fingerprint density at radius 1 is 1.16 bits per heavy atom. The van der Waals surface area contributed by atoms with Gasteiger partial charge in [-0.1, -0.05) is 12.8 Å². The van der Waals surface area contributed by atoms with E-state index in [4.69, 9.17) is 15.2 Å². The molecule has 1 fully saturated rings. The first-order valence-electron chi connectivity index (χ1n) is 7.08. The van der Waals surface area contributed by atoms with Gasteiger partial charge in [0.15, 0.2) is 0 Å². The zero-order valence-electron chi connectivity index (χ0n) is 11.7. The van der Waals surface area contributed by atoms with Crippen LogP contribution in [0.5, 0.6) is 11.5 Å². The maximum absolute atomic E-state index is 5.85. The summed E-state index contributed by atoms with van der Waals surface area (Å²) in [6.45, 7) is 4.11. The molecular weight excluding hydrogens is 240 g/mol. The van der Waals surface area contributed by atoms with Gasteiger partial charge in [-0.25, -0.2) is 0 Å². The normalized spacial score (nSPS) is 16.9. The van der Waals surface area contributed by atoms with Crippen LogP contribution in [0, 0.1) is 0 Å². The van der Waals surface area contributed by atoms with E-state index in [9.17, 15) is 0 Å². The predicted molar refractivity (Wildman–Crippen MR) is 77.8 cm³/mol. The quantitative estimate of drug-likeness (QED) is 0.830. The molecule has 2 rings (SSSR count). The molecule has 1 heterocycles. The van der Waals surface area contributed by atoms with Gasteiger partial charge in [0.25, 0.3) is 0 Å². The fourth-order valence-corrected chi connectivity index (χ4v) is 2.45. The van der Waals surface area contributed by atoms with Crippen molar-refractivity contribution in [3.05, 3.63) is 18.2 Å². The van der Waals surface area contributed by atoms with Crippen LogP contribution in [0.1, 0.15) is 25.7 Å². The standard InChI is InChI=1S/C15H24N2O2/c1-18-15-7-6-13(12-14(15)16)19-11-10-17-8-4-2-3-5-9-17/h6-7,12H,2-5,8-11,16H2,1H3. The number of nitrogen functional groups attached to an aromatic ring is 1. The predicted octanol–water partition coefficient (Wildman–Crippen LogP) is 2.53. The highest BCUT2D eigenvalue weighted by atomic mass is 16.5. The molecule has 1 aromatic carbocycles. The minimum Gasteiger partial charge on any atom is -0.495 e. The number of hydrogen-bond donors (Lipinski definition) is 1. The van der Waals surface area contributed by atoms with Crippen LogP contribution in [0.3, 0.4) is 0 Å². The van der Waals surface area contributed by atoms with Gasteiger partial charge < -0.3 is 15.2 Å². The lowest BCUT2D eigenvalue weighted by atomic mass is 10.2. The molecular formula is C15H24N2O2. The zero-order valence-corrected chi connectivity index (χ0v) is 11.7. The number of rotatable bonds is 5. The average molecular weight is 264 g/mol. The van der Waals surface area contributed by atoms with Gasteiger partial charge in [0.1, 0.15) is 18.1 Å². The van der Waals surface area contributed by atoms with Crippen LogP contribution in [0.25, 0.3) is 0 Å². The molecule has 4 heteroatoms. The summed E-state index contributed by atoms with van der Waals surface area (Å²) in [4.78, 5) is 2.49. The average Bonchev–Trinajstić information content (AvgIpc) is 2.68. The van der Waals surface area contributed by atoms with E-state index in [1.54, 1.807) is 7.11 Å². The topological polar surface area (TPSA) is 47.7 Å². The van der Waals surface area contributed by atoms with Gasteiger partial charge in [-0.05, 0) is 38.1 Å². The second-order valence-electron chi connectivity index (χ2n) is 5.01. The van der Waals surface area contributed by atoms with Crippen molar-refractivity contribution >= 4 is 5.69 Å². The molecule has 0 amide bonds. The third-order valence-electron chi connectivity index (χ3n) is 3.58. The third kappa shape index (κ3) is 4.31. The molecule has 4 nitrogen and oxygen atoms in total. The number of likely N-dealkylation sites (tertiary alicyclic amines) is 1. The second kappa shape index (κ2) is 7.24. The maximum atomic E-state index is 5.85. The molecule has 106 valence electrons. The van der Waals surface area contributed by atoms with E-state index in [1.807, 2.05) is 18.2 Å². The lowest BCUT2D eigenvalue weighted by Crippen LogP contribution is -2.29. The van der Waals surface area contributed by atoms with Crippen LogP contribution in [-0.2, 0) is 0 Å². The SMILES string of the molecule is COc1ccc(OCCN2CCCCCC2)cc1N. The Morgan fingerprint density at radius 2 is 1.89 bits per heavy atom. The van der Waals surface area contributed by atoms with E-state index in [0.29, 0.717) is 18.0 Å². The van der Waals surface area contributed by atoms with Gasteiger partial charge in [0.2, 0.25) is 0 Å². The summed E-state index contributed by atoms with van der Waals surface area (Å²) in [5, 5.41) is 0. The van der Waals surface area contributed by atoms with E-state index in [0.717, 1.165) is 12.3 Å². The molecule has 1 aliphatic rings. The molecule has 0 spiro atoms. The molecule has 0 bridgehead atoms. The first-order chi connectivity index (χ1) is 9.29. The molecule has 1 aliphatic heterocycles. The van der Waals surface area contributed by atoms with Crippen LogP contribution in [-0.4, -0.2) is 38.3 Å². The van der Waals surface area contributed by atoms with Gasteiger partial charge >= 0.3 is 0 Å². The smallest absolute Gasteiger partial charge is 0.142 e. The van der Waals surface area contributed by atoms with Gasteiger partial charge in [0, 0.05) is 12.6 Å². The van der Waals surface area contributed by atoms with Crippen LogP contribution in [0.2, 0.25) is 0 Å². The van der Waals surface area contributed by atoms with Gasteiger partial charge in [-0.3, -0.25) is 4.90 Å². The molecule has 0 radical (unpaired) electrons. The van der Waals surface area contributed by atoms with Crippen molar-refractivity contribution in [3.8, 4) is 11.5 Å². The van der Waals surface area contributed by atoms with Crippen LogP contribution in [0.4, 0.5) is 5.69 Å². The number of benzene rings is 1. The molecule has 2 N–H and O–H groups in total. The van der Waals surface area contributed by atoms with Crippen molar-refractivity contribution in [2.75, 3.05) is 39.1 Å². The fraction of sp³-hybridized carbons (Fsp3) is 0.600. The second-order valence-corrected chi connectivity index (χ2v) is 5.01. The molecule has 19 heavy (non-hydrogen) atoms. The van der Waals surface area contributed by atoms with Crippen LogP contribution in [0.15, 0.2) is 18.2 Å². The summed E-state index contributed by atoms with van der Waals surface area (Å²) in [7, 11) is 1.62. The fourth-order valence-electron chi connectivity index (χ4n) is 2.45. The highest BCUT2D eigenvalue weighted by molar-refractivity contribution is 5.56. The molecule has 0 atom stereocenters. The lowest BCUT2D eigenvalue weighted by molar-refractivity contribution is 0.214. The van der Waals surface area contributed by atoms with Crippen LogP contribution >= 0.6 is 0 Å². The summed E-state index contributed by atoms with van der Waals surface area (Å²) in [6, 6.07) is 5.56. The van der Waals surface area contributed by atoms with Gasteiger partial charge in [-0.15, -0.1) is 0 Å². The van der Waals surface area contributed by atoms with Crippen molar-refractivity contribution in [2.45, 2.75) is 25.7 Å². The summed E-state index contributed by atoms with van der Waals surface area (Å²) in [6.07, 6.45) is 5.36. The van der Waals surface area contributed by atoms with Gasteiger partial charge in [-0.2, -0.15) is 0 Å². The van der Waals surface area contributed by atoms with Gasteiger partial charge in [0.05, 0.1) is 12.8 Å². The summed E-state index contributed by atoms with van der Waals surface area (Å²) in [5.41, 5.74) is 6.47. The Kier molecular flexibility index (Phi) is 5.33. The molecule has 1 saturated heterocycles. The third-order valence-corrected chi connectivity index (χ3v) is 3.58. The number of methoxy groups -OCH3 is 1. The number of nitrogens with zero attached hydrogens (tertiary/aromatic N) is 1. The van der Waals surface area contributed by atoms with Crippen molar-refractivity contribution < 1.29 is 9.47 Å². The first kappa shape index (κ1) is 14.0. The summed E-state index contributed by atoms with van der Waals surface area (Å²) in [5.74, 6) is 1.51. The highest BCUT2D eigenvalue weighted by Crippen LogP contribution is 2.25. The van der Waals surface area contributed by atoms with E-state index in [-0.39, 0.29) is 0 Å². The maximum Gasteiger partial charge on any atom is 0.142 e. The Hall–Kier alpha value is -1.42. The minimum absolute atomic E-state index is 0.620. The van der Waals surface area contributed by atoms with Crippen molar-refractivity contribution in [2.24, 2.45) is 0 Å². The van der Waals surface area contributed by atoms with Crippen molar-refractivity contribution in [3.63, 3.8) is 0 Å². The van der Waals surface area contributed by atoms with Crippen molar-refractivity contribution in [1.29, 1.82) is 0 Å². The summed E-state index contributed by atoms with van der Waals surface area (Å²) < 4.78 is 10.9. The minimum atomic E-state index is 0.620. The van der Waals surface area contributed by atoms with E-state index < -0.39 is 0 Å². The molecule has 0 aliphatic carbocycles. The molecule has 0 aromatic heterocycles. The number of hydrogen-bond acceptors (Lipinski definition) is 4. The Bertz CT molecular complexity index is 388. The summed E-state index contributed by atoms with van der Waals surface area (Å²) >= 11 is 0. The van der Waals surface area contributed by atoms with E-state index >= 15 is 0 Å². The molecule has 0 saturated carbocycles. The van der Waals surface area contributed by atoms with Crippen LogP contribution < -0.4 is 15.2 Å². The Labute approximate surface area is 115 Å². The Morgan fingerprint density at radius 3 is 2.53 bits per heavy atom. The monoisotopic (exact) mass is 264 g/mol. The Balaban J connectivity index is 1.77. The number of anilines is 1. The largest absolute Gasteiger partial charge is 0.495 e. The molecule has 1 aromatic rings. The molecule has 0 unspecified atom stereocenters. The number of nitrogens with two attached hydrogens (primary N) is 1.